The smallest absolute Gasteiger partial charge is 0.123 e. The van der Waals surface area contributed by atoms with Gasteiger partial charge in [0.05, 0.1) is 32.0 Å². The Morgan fingerprint density at radius 2 is 2.08 bits per heavy atom. The first-order chi connectivity index (χ1) is 12.3. The van der Waals surface area contributed by atoms with Gasteiger partial charge in [-0.2, -0.15) is 0 Å². The zero-order chi connectivity index (χ0) is 17.5. The van der Waals surface area contributed by atoms with Gasteiger partial charge in [-0.3, -0.25) is 4.90 Å². The summed E-state index contributed by atoms with van der Waals surface area (Å²) in [6.45, 7) is 6.10. The Morgan fingerprint density at radius 3 is 2.80 bits per heavy atom. The molecule has 0 saturated carbocycles. The molecule has 0 amide bonds. The molecule has 3 rings (SSSR count). The van der Waals surface area contributed by atoms with Crippen LogP contribution in [-0.2, 0) is 16.1 Å². The molecule has 1 saturated heterocycles. The van der Waals surface area contributed by atoms with Crippen molar-refractivity contribution >= 4 is 5.82 Å². The van der Waals surface area contributed by atoms with Gasteiger partial charge < -0.3 is 15.2 Å². The van der Waals surface area contributed by atoms with Gasteiger partial charge in [0.1, 0.15) is 5.82 Å². The number of nitrogen functional groups attached to an aromatic ring is 1. The van der Waals surface area contributed by atoms with Gasteiger partial charge in [0.15, 0.2) is 0 Å². The first kappa shape index (κ1) is 17.9. The molecule has 0 spiro atoms. The summed E-state index contributed by atoms with van der Waals surface area (Å²) in [5.41, 5.74) is 7.96. The highest BCUT2D eigenvalue weighted by molar-refractivity contribution is 5.30. The Bertz CT molecular complexity index is 633. The van der Waals surface area contributed by atoms with Gasteiger partial charge in [-0.25, -0.2) is 4.98 Å². The number of nitrogens with zero attached hydrogens (tertiary/aromatic N) is 2. The number of nitrogens with two attached hydrogens (primary N) is 1. The first-order valence-electron chi connectivity index (χ1n) is 8.95. The van der Waals surface area contributed by atoms with Crippen molar-refractivity contribution in [1.29, 1.82) is 0 Å². The monoisotopic (exact) mass is 341 g/mol. The average molecular weight is 341 g/mol. The third kappa shape index (κ3) is 5.01. The lowest BCUT2D eigenvalue weighted by atomic mass is 10.1. The predicted octanol–water partition coefficient (Wildman–Crippen LogP) is 3.03. The molecule has 2 unspecified atom stereocenters. The van der Waals surface area contributed by atoms with Crippen molar-refractivity contribution in [3.8, 4) is 0 Å². The molecule has 5 heteroatoms. The minimum atomic E-state index is 0.0463. The molecule has 2 N–H and O–H groups in total. The largest absolute Gasteiger partial charge is 0.384 e. The fraction of sp³-hybridized carbons (Fsp3) is 0.450. The SMILES string of the molecule is CCCN1CC(c2ccc(N)nc2)OCC1COCc1ccccc1. The molecule has 2 heterocycles. The molecule has 5 nitrogen and oxygen atoms in total. The first-order valence-corrected chi connectivity index (χ1v) is 8.95. The minimum Gasteiger partial charge on any atom is -0.384 e. The molecule has 2 aromatic rings. The van der Waals surface area contributed by atoms with Crippen LogP contribution in [0.3, 0.4) is 0 Å². The maximum Gasteiger partial charge on any atom is 0.123 e. The second-order valence-corrected chi connectivity index (χ2v) is 6.49. The van der Waals surface area contributed by atoms with E-state index in [1.807, 2.05) is 36.5 Å². The highest BCUT2D eigenvalue weighted by atomic mass is 16.5. The van der Waals surface area contributed by atoms with E-state index in [9.17, 15) is 0 Å². The van der Waals surface area contributed by atoms with E-state index in [4.69, 9.17) is 15.2 Å². The van der Waals surface area contributed by atoms with Gasteiger partial charge in [0, 0.05) is 18.3 Å². The molecular weight excluding hydrogens is 314 g/mol. The molecule has 0 radical (unpaired) electrons. The Labute approximate surface area is 149 Å². The molecule has 0 bridgehead atoms. The summed E-state index contributed by atoms with van der Waals surface area (Å²) in [7, 11) is 0. The molecule has 134 valence electrons. The van der Waals surface area contributed by atoms with E-state index in [2.05, 4.69) is 28.9 Å². The summed E-state index contributed by atoms with van der Waals surface area (Å²) >= 11 is 0. The van der Waals surface area contributed by atoms with Crippen LogP contribution in [0.2, 0.25) is 0 Å². The van der Waals surface area contributed by atoms with Crippen LogP contribution in [0.5, 0.6) is 0 Å². The van der Waals surface area contributed by atoms with E-state index in [-0.39, 0.29) is 6.10 Å². The number of anilines is 1. The third-order valence-electron chi connectivity index (χ3n) is 4.52. The van der Waals surface area contributed by atoms with Crippen molar-refractivity contribution in [2.75, 3.05) is 32.0 Å². The molecule has 1 fully saturated rings. The quantitative estimate of drug-likeness (QED) is 0.839. The highest BCUT2D eigenvalue weighted by Gasteiger charge is 2.29. The Kier molecular flexibility index (Phi) is 6.39. The molecule has 1 aromatic carbocycles. The fourth-order valence-electron chi connectivity index (χ4n) is 3.16. The van der Waals surface area contributed by atoms with Crippen LogP contribution in [-0.4, -0.2) is 42.2 Å². The van der Waals surface area contributed by atoms with Crippen molar-refractivity contribution in [3.05, 3.63) is 59.8 Å². The lowest BCUT2D eigenvalue weighted by Gasteiger charge is -2.39. The number of ether oxygens (including phenoxy) is 2. The van der Waals surface area contributed by atoms with Crippen molar-refractivity contribution in [3.63, 3.8) is 0 Å². The zero-order valence-corrected chi connectivity index (χ0v) is 14.8. The van der Waals surface area contributed by atoms with E-state index < -0.39 is 0 Å². The summed E-state index contributed by atoms with van der Waals surface area (Å²) in [5.74, 6) is 0.539. The minimum absolute atomic E-state index is 0.0463. The van der Waals surface area contributed by atoms with Gasteiger partial charge in [-0.05, 0) is 24.6 Å². The van der Waals surface area contributed by atoms with Crippen molar-refractivity contribution in [2.45, 2.75) is 32.1 Å². The Morgan fingerprint density at radius 1 is 1.24 bits per heavy atom. The molecular formula is C20H27N3O2. The molecule has 1 aliphatic rings. The maximum absolute atomic E-state index is 6.09. The van der Waals surface area contributed by atoms with Crippen LogP contribution in [0.25, 0.3) is 0 Å². The summed E-state index contributed by atoms with van der Waals surface area (Å²) in [6.07, 6.45) is 2.98. The second-order valence-electron chi connectivity index (χ2n) is 6.49. The molecule has 1 aliphatic heterocycles. The van der Waals surface area contributed by atoms with Crippen LogP contribution in [0.15, 0.2) is 48.7 Å². The van der Waals surface area contributed by atoms with Crippen molar-refractivity contribution in [2.24, 2.45) is 0 Å². The topological polar surface area (TPSA) is 60.6 Å². The molecule has 25 heavy (non-hydrogen) atoms. The number of hydrogen-bond donors (Lipinski definition) is 1. The van der Waals surface area contributed by atoms with Crippen LogP contribution >= 0.6 is 0 Å². The zero-order valence-electron chi connectivity index (χ0n) is 14.8. The predicted molar refractivity (Wildman–Crippen MR) is 99.1 cm³/mol. The van der Waals surface area contributed by atoms with Crippen LogP contribution in [0.1, 0.15) is 30.6 Å². The molecule has 1 aromatic heterocycles. The number of benzene rings is 1. The van der Waals surface area contributed by atoms with Gasteiger partial charge in [0.2, 0.25) is 0 Å². The van der Waals surface area contributed by atoms with Crippen LogP contribution < -0.4 is 5.73 Å². The number of aromatic nitrogens is 1. The van der Waals surface area contributed by atoms with E-state index >= 15 is 0 Å². The lowest BCUT2D eigenvalue weighted by Crippen LogP contribution is -2.49. The molecule has 0 aliphatic carbocycles. The van der Waals surface area contributed by atoms with Gasteiger partial charge >= 0.3 is 0 Å². The normalized spacial score (nSPS) is 21.3. The Balaban J connectivity index is 1.55. The third-order valence-corrected chi connectivity index (χ3v) is 4.52. The van der Waals surface area contributed by atoms with Crippen LogP contribution in [0.4, 0.5) is 5.82 Å². The standard InChI is InChI=1S/C20H27N3O2/c1-2-10-23-12-19(17-8-9-20(21)22-11-17)25-15-18(23)14-24-13-16-6-4-3-5-7-16/h3-9,11,18-19H,2,10,12-15H2,1H3,(H2,21,22). The lowest BCUT2D eigenvalue weighted by molar-refractivity contribution is -0.0889. The van der Waals surface area contributed by atoms with Crippen molar-refractivity contribution in [1.82, 2.24) is 9.88 Å². The van der Waals surface area contributed by atoms with Crippen molar-refractivity contribution < 1.29 is 9.47 Å². The van der Waals surface area contributed by atoms with E-state index in [1.165, 1.54) is 5.56 Å². The second kappa shape index (κ2) is 8.94. The van der Waals surface area contributed by atoms with E-state index in [0.717, 1.165) is 25.1 Å². The average Bonchev–Trinajstić information content (AvgIpc) is 2.65. The van der Waals surface area contributed by atoms with E-state index in [0.29, 0.717) is 31.7 Å². The summed E-state index contributed by atoms with van der Waals surface area (Å²) in [6, 6.07) is 14.4. The van der Waals surface area contributed by atoms with Crippen LogP contribution in [0, 0.1) is 0 Å². The van der Waals surface area contributed by atoms with Gasteiger partial charge in [-0.15, -0.1) is 0 Å². The maximum atomic E-state index is 6.09. The summed E-state index contributed by atoms with van der Waals surface area (Å²) in [4.78, 5) is 6.65. The fourth-order valence-corrected chi connectivity index (χ4v) is 3.16. The van der Waals surface area contributed by atoms with Gasteiger partial charge in [-0.1, -0.05) is 43.3 Å². The number of pyridine rings is 1. The number of morpholine rings is 1. The summed E-state index contributed by atoms with van der Waals surface area (Å²) < 4.78 is 12.0. The van der Waals surface area contributed by atoms with Gasteiger partial charge in [0.25, 0.3) is 0 Å². The van der Waals surface area contributed by atoms with E-state index in [1.54, 1.807) is 0 Å². The molecule has 2 atom stereocenters. The Hall–Kier alpha value is -1.95. The number of rotatable bonds is 7. The number of hydrogen-bond acceptors (Lipinski definition) is 5. The summed E-state index contributed by atoms with van der Waals surface area (Å²) in [5, 5.41) is 0. The highest BCUT2D eigenvalue weighted by Crippen LogP contribution is 2.25.